The molecule has 1 N–H and O–H groups in total. The molecule has 0 amide bonds. The lowest BCUT2D eigenvalue weighted by atomic mass is 9.98. The van der Waals surface area contributed by atoms with E-state index in [0.29, 0.717) is 18.9 Å². The van der Waals surface area contributed by atoms with Gasteiger partial charge in [0.05, 0.1) is 11.5 Å². The molecular formula is C15H20N2O5. The minimum Gasteiger partial charge on any atom is -0.467 e. The summed E-state index contributed by atoms with van der Waals surface area (Å²) in [5.41, 5.74) is 1.62. The minimum atomic E-state index is -0.384. The minimum absolute atomic E-state index is 0.0681. The van der Waals surface area contributed by atoms with Crippen LogP contribution >= 0.6 is 0 Å². The summed E-state index contributed by atoms with van der Waals surface area (Å²) < 4.78 is 10.8. The highest BCUT2D eigenvalue weighted by atomic mass is 16.7. The van der Waals surface area contributed by atoms with E-state index >= 15 is 0 Å². The van der Waals surface area contributed by atoms with Crippen molar-refractivity contribution in [3.8, 4) is 5.75 Å². The van der Waals surface area contributed by atoms with Crippen LogP contribution in [0.5, 0.6) is 5.75 Å². The fraction of sp³-hybridized carbons (Fsp3) is 0.600. The van der Waals surface area contributed by atoms with Gasteiger partial charge < -0.3 is 14.6 Å². The van der Waals surface area contributed by atoms with Crippen molar-refractivity contribution >= 4 is 5.69 Å². The maximum Gasteiger partial charge on any atom is 0.270 e. The molecule has 0 saturated carbocycles. The van der Waals surface area contributed by atoms with Gasteiger partial charge in [0.2, 0.25) is 0 Å². The predicted octanol–water partition coefficient (Wildman–Crippen LogP) is 1.67. The van der Waals surface area contributed by atoms with Crippen LogP contribution in [0, 0.1) is 16.0 Å². The molecule has 1 fully saturated rings. The number of non-ortho nitro benzene ring substituents is 1. The van der Waals surface area contributed by atoms with Crippen LogP contribution in [0.25, 0.3) is 0 Å². The molecule has 0 unspecified atom stereocenters. The van der Waals surface area contributed by atoms with Crippen molar-refractivity contribution in [1.29, 1.82) is 0 Å². The van der Waals surface area contributed by atoms with Gasteiger partial charge in [0.15, 0.2) is 6.79 Å². The number of rotatable bonds is 4. The van der Waals surface area contributed by atoms with Crippen LogP contribution in [-0.2, 0) is 17.9 Å². The van der Waals surface area contributed by atoms with Gasteiger partial charge in [-0.1, -0.05) is 0 Å². The first-order valence-electron chi connectivity index (χ1n) is 7.51. The third-order valence-electron chi connectivity index (χ3n) is 4.24. The summed E-state index contributed by atoms with van der Waals surface area (Å²) in [5.74, 6) is 0.996. The Morgan fingerprint density at radius 1 is 1.45 bits per heavy atom. The van der Waals surface area contributed by atoms with Gasteiger partial charge in [-0.3, -0.25) is 15.0 Å². The van der Waals surface area contributed by atoms with Gasteiger partial charge in [0.25, 0.3) is 5.69 Å². The SMILES string of the molecule is O=[N+]([O-])c1cc2c(c(CN3CCC[C@H](CO)C3)c1)OCOC2. The number of piperidine rings is 1. The number of benzene rings is 1. The quantitative estimate of drug-likeness (QED) is 0.672. The molecule has 0 spiro atoms. The van der Waals surface area contributed by atoms with Crippen molar-refractivity contribution in [1.82, 2.24) is 4.90 Å². The van der Waals surface area contributed by atoms with E-state index in [1.165, 1.54) is 6.07 Å². The third-order valence-corrected chi connectivity index (χ3v) is 4.24. The number of aliphatic hydroxyl groups excluding tert-OH is 1. The number of hydrogen-bond acceptors (Lipinski definition) is 6. The van der Waals surface area contributed by atoms with Gasteiger partial charge >= 0.3 is 0 Å². The van der Waals surface area contributed by atoms with Crippen molar-refractivity contribution in [2.24, 2.45) is 5.92 Å². The molecule has 2 aliphatic rings. The zero-order valence-corrected chi connectivity index (χ0v) is 12.4. The van der Waals surface area contributed by atoms with E-state index in [1.807, 2.05) is 0 Å². The van der Waals surface area contributed by atoms with Crippen LogP contribution in [0.15, 0.2) is 12.1 Å². The average Bonchev–Trinajstić information content (AvgIpc) is 2.55. The van der Waals surface area contributed by atoms with Crippen molar-refractivity contribution in [2.75, 3.05) is 26.5 Å². The Kier molecular flexibility index (Phi) is 4.56. The molecule has 7 heteroatoms. The maximum atomic E-state index is 11.1. The number of nitro groups is 1. The summed E-state index contributed by atoms with van der Waals surface area (Å²) in [5, 5.41) is 20.4. The Balaban J connectivity index is 1.85. The lowest BCUT2D eigenvalue weighted by Gasteiger charge is -2.32. The second-order valence-corrected chi connectivity index (χ2v) is 5.89. The van der Waals surface area contributed by atoms with Crippen molar-refractivity contribution in [2.45, 2.75) is 26.0 Å². The van der Waals surface area contributed by atoms with Gasteiger partial charge in [-0.25, -0.2) is 0 Å². The third kappa shape index (κ3) is 3.21. The molecule has 0 aromatic heterocycles. The molecule has 1 atom stereocenters. The van der Waals surface area contributed by atoms with Gasteiger partial charge in [-0.05, 0) is 25.3 Å². The predicted molar refractivity (Wildman–Crippen MR) is 78.5 cm³/mol. The highest BCUT2D eigenvalue weighted by Crippen LogP contribution is 2.34. The van der Waals surface area contributed by atoms with Crippen LogP contribution in [0.1, 0.15) is 24.0 Å². The summed E-state index contributed by atoms with van der Waals surface area (Å²) in [7, 11) is 0. The topological polar surface area (TPSA) is 85.1 Å². The average molecular weight is 308 g/mol. The van der Waals surface area contributed by atoms with E-state index in [1.54, 1.807) is 6.07 Å². The molecule has 22 heavy (non-hydrogen) atoms. The van der Waals surface area contributed by atoms with E-state index in [9.17, 15) is 15.2 Å². The molecular weight excluding hydrogens is 288 g/mol. The Hall–Kier alpha value is -1.70. The van der Waals surface area contributed by atoms with Crippen LogP contribution in [0.2, 0.25) is 0 Å². The number of hydrogen-bond donors (Lipinski definition) is 1. The monoisotopic (exact) mass is 308 g/mol. The fourth-order valence-electron chi connectivity index (χ4n) is 3.19. The highest BCUT2D eigenvalue weighted by Gasteiger charge is 2.24. The number of fused-ring (bicyclic) bond motifs is 1. The maximum absolute atomic E-state index is 11.1. The second kappa shape index (κ2) is 6.60. The number of nitrogens with zero attached hydrogens (tertiary/aromatic N) is 2. The Bertz CT molecular complexity index is 563. The molecule has 120 valence electrons. The molecule has 1 aromatic carbocycles. The van der Waals surface area contributed by atoms with E-state index in [-0.39, 0.29) is 29.9 Å². The molecule has 2 aliphatic heterocycles. The first-order valence-corrected chi connectivity index (χ1v) is 7.51. The first-order chi connectivity index (χ1) is 10.7. The van der Waals surface area contributed by atoms with Crippen LogP contribution in [0.4, 0.5) is 5.69 Å². The van der Waals surface area contributed by atoms with Gasteiger partial charge in [0.1, 0.15) is 5.75 Å². The second-order valence-electron chi connectivity index (χ2n) is 5.89. The van der Waals surface area contributed by atoms with Gasteiger partial charge in [0, 0.05) is 43.0 Å². The van der Waals surface area contributed by atoms with Gasteiger partial charge in [-0.2, -0.15) is 0 Å². The zero-order chi connectivity index (χ0) is 15.5. The number of aliphatic hydroxyl groups is 1. The largest absolute Gasteiger partial charge is 0.467 e. The number of ether oxygens (including phenoxy) is 2. The lowest BCUT2D eigenvalue weighted by Crippen LogP contribution is -2.36. The summed E-state index contributed by atoms with van der Waals surface area (Å²) in [6.45, 7) is 3.05. The van der Waals surface area contributed by atoms with E-state index in [4.69, 9.17) is 9.47 Å². The van der Waals surface area contributed by atoms with Crippen molar-refractivity contribution in [3.63, 3.8) is 0 Å². The van der Waals surface area contributed by atoms with Crippen LogP contribution < -0.4 is 4.74 Å². The highest BCUT2D eigenvalue weighted by molar-refractivity contribution is 5.50. The lowest BCUT2D eigenvalue weighted by molar-refractivity contribution is -0.385. The summed E-state index contributed by atoms with van der Waals surface area (Å²) >= 11 is 0. The smallest absolute Gasteiger partial charge is 0.270 e. The molecule has 0 radical (unpaired) electrons. The number of likely N-dealkylation sites (tertiary alicyclic amines) is 1. The van der Waals surface area contributed by atoms with E-state index < -0.39 is 0 Å². The number of nitro benzene ring substituents is 1. The van der Waals surface area contributed by atoms with Gasteiger partial charge in [-0.15, -0.1) is 0 Å². The fourth-order valence-corrected chi connectivity index (χ4v) is 3.19. The Morgan fingerprint density at radius 3 is 3.09 bits per heavy atom. The summed E-state index contributed by atoms with van der Waals surface area (Å²) in [6, 6.07) is 3.11. The molecule has 1 saturated heterocycles. The van der Waals surface area contributed by atoms with Crippen molar-refractivity contribution in [3.05, 3.63) is 33.4 Å². The van der Waals surface area contributed by atoms with E-state index in [0.717, 1.165) is 37.1 Å². The standard InChI is InChI=1S/C15H20N2O5/c18-8-11-2-1-3-16(6-11)7-12-4-14(17(19)20)5-13-9-21-10-22-15(12)13/h4-5,11,18H,1-3,6-10H2/t11-/m0/s1. The summed E-state index contributed by atoms with van der Waals surface area (Å²) in [4.78, 5) is 12.9. The molecule has 2 heterocycles. The summed E-state index contributed by atoms with van der Waals surface area (Å²) in [6.07, 6.45) is 2.07. The van der Waals surface area contributed by atoms with Crippen LogP contribution in [-0.4, -0.2) is 41.4 Å². The molecule has 1 aromatic rings. The van der Waals surface area contributed by atoms with Crippen LogP contribution in [0.3, 0.4) is 0 Å². The van der Waals surface area contributed by atoms with Crippen molar-refractivity contribution < 1.29 is 19.5 Å². The molecule has 0 aliphatic carbocycles. The molecule has 7 nitrogen and oxygen atoms in total. The normalized spacial score (nSPS) is 22.0. The Morgan fingerprint density at radius 2 is 2.32 bits per heavy atom. The zero-order valence-electron chi connectivity index (χ0n) is 12.4. The van der Waals surface area contributed by atoms with E-state index in [2.05, 4.69) is 4.90 Å². The molecule has 3 rings (SSSR count). The Labute approximate surface area is 128 Å². The molecule has 0 bridgehead atoms. The first kappa shape index (κ1) is 15.2.